The molecule has 2 nitrogen and oxygen atoms in total. The molecule has 0 saturated carbocycles. The van der Waals surface area contributed by atoms with Crippen LogP contribution in [0.25, 0.3) is 0 Å². The first-order valence-corrected chi connectivity index (χ1v) is 7.39. The van der Waals surface area contributed by atoms with Crippen LogP contribution in [0.2, 0.25) is 0 Å². The summed E-state index contributed by atoms with van der Waals surface area (Å²) in [6, 6.07) is 5.71. The van der Waals surface area contributed by atoms with Crippen molar-refractivity contribution in [3.8, 4) is 6.07 Å². The summed E-state index contributed by atoms with van der Waals surface area (Å²) in [4.78, 5) is 2.07. The average molecular weight is 300 g/mol. The van der Waals surface area contributed by atoms with Gasteiger partial charge in [0.1, 0.15) is 0 Å². The molecule has 1 fully saturated rings. The predicted molar refractivity (Wildman–Crippen MR) is 74.9 cm³/mol. The Kier molecular flexibility index (Phi) is 4.19. The van der Waals surface area contributed by atoms with E-state index in [0.29, 0.717) is 10.9 Å². The number of rotatable bonds is 1. The van der Waals surface area contributed by atoms with E-state index in [0.717, 1.165) is 18.4 Å². The number of thioether (sulfide) groups is 1. The highest BCUT2D eigenvalue weighted by atomic mass is 32.2. The summed E-state index contributed by atoms with van der Waals surface area (Å²) in [5.74, 6) is 0.939. The third-order valence-corrected chi connectivity index (χ3v) is 4.98. The van der Waals surface area contributed by atoms with Crippen molar-refractivity contribution in [2.45, 2.75) is 31.3 Å². The summed E-state index contributed by atoms with van der Waals surface area (Å²) in [6.07, 6.45) is -4.49. The molecule has 0 aromatic heterocycles. The Labute approximate surface area is 120 Å². The Bertz CT molecular complexity index is 536. The molecule has 1 aliphatic rings. The van der Waals surface area contributed by atoms with Crippen molar-refractivity contribution in [3.05, 3.63) is 29.3 Å². The number of nitrogens with zero attached hydrogens (tertiary/aromatic N) is 2. The molecule has 0 bridgehead atoms. The molecule has 1 aromatic carbocycles. The smallest absolute Gasteiger partial charge is 0.367 e. The maximum Gasteiger partial charge on any atom is 0.417 e. The highest BCUT2D eigenvalue weighted by Crippen LogP contribution is 2.35. The molecule has 1 saturated heterocycles. The van der Waals surface area contributed by atoms with Crippen molar-refractivity contribution in [2.24, 2.45) is 0 Å². The molecule has 1 heterocycles. The Hall–Kier alpha value is -1.35. The van der Waals surface area contributed by atoms with Crippen molar-refractivity contribution in [3.63, 3.8) is 0 Å². The molecule has 0 amide bonds. The molecule has 1 aliphatic heterocycles. The maximum absolute atomic E-state index is 12.8. The van der Waals surface area contributed by atoms with Gasteiger partial charge in [-0.1, -0.05) is 6.92 Å². The largest absolute Gasteiger partial charge is 0.417 e. The third kappa shape index (κ3) is 2.88. The van der Waals surface area contributed by atoms with Gasteiger partial charge >= 0.3 is 6.18 Å². The van der Waals surface area contributed by atoms with Gasteiger partial charge in [-0.2, -0.15) is 30.2 Å². The lowest BCUT2D eigenvalue weighted by Crippen LogP contribution is -2.44. The molecule has 0 spiro atoms. The van der Waals surface area contributed by atoms with Gasteiger partial charge in [0.25, 0.3) is 0 Å². The molecule has 20 heavy (non-hydrogen) atoms. The lowest BCUT2D eigenvalue weighted by Gasteiger charge is -2.39. The van der Waals surface area contributed by atoms with Crippen molar-refractivity contribution >= 4 is 17.4 Å². The van der Waals surface area contributed by atoms with E-state index in [1.807, 2.05) is 11.8 Å². The summed E-state index contributed by atoms with van der Waals surface area (Å²) in [5, 5.41) is 9.36. The number of nitriles is 1. The fourth-order valence-electron chi connectivity index (χ4n) is 2.35. The van der Waals surface area contributed by atoms with Crippen molar-refractivity contribution in [2.75, 3.05) is 17.2 Å². The van der Waals surface area contributed by atoms with Crippen molar-refractivity contribution < 1.29 is 13.2 Å². The lowest BCUT2D eigenvalue weighted by atomic mass is 10.1. The van der Waals surface area contributed by atoms with Gasteiger partial charge in [0, 0.05) is 29.3 Å². The number of benzene rings is 1. The number of alkyl halides is 3. The molecular weight excluding hydrogens is 285 g/mol. The molecule has 1 aromatic rings. The minimum Gasteiger partial charge on any atom is -0.367 e. The van der Waals surface area contributed by atoms with Crippen LogP contribution in [-0.2, 0) is 6.18 Å². The standard InChI is InChI=1S/C14H15F3N2S/c1-9-10(2)20-6-5-19(9)12-3-4-13(14(15,16)17)11(7-12)8-18/h3-4,7,9-10H,5-6H2,1-2H3. The fraction of sp³-hybridized carbons (Fsp3) is 0.500. The van der Waals surface area contributed by atoms with E-state index in [1.54, 1.807) is 6.07 Å². The molecular formula is C14H15F3N2S. The summed E-state index contributed by atoms with van der Waals surface area (Å²) < 4.78 is 38.3. The Morgan fingerprint density at radius 1 is 1.35 bits per heavy atom. The summed E-state index contributed by atoms with van der Waals surface area (Å²) in [7, 11) is 0. The van der Waals surface area contributed by atoms with E-state index in [-0.39, 0.29) is 11.6 Å². The molecule has 2 unspecified atom stereocenters. The normalized spacial score (nSPS) is 23.5. The summed E-state index contributed by atoms with van der Waals surface area (Å²) in [5.41, 5.74) is -0.488. The van der Waals surface area contributed by atoms with Gasteiger partial charge in [-0.05, 0) is 25.1 Å². The highest BCUT2D eigenvalue weighted by Gasteiger charge is 2.34. The molecule has 108 valence electrons. The second kappa shape index (κ2) is 5.57. The first-order valence-electron chi connectivity index (χ1n) is 6.34. The topological polar surface area (TPSA) is 27.0 Å². The second-order valence-electron chi connectivity index (χ2n) is 4.85. The monoisotopic (exact) mass is 300 g/mol. The van der Waals surface area contributed by atoms with Crippen molar-refractivity contribution in [1.29, 1.82) is 5.26 Å². The van der Waals surface area contributed by atoms with Gasteiger partial charge in [0.15, 0.2) is 0 Å². The van der Waals surface area contributed by atoms with Gasteiger partial charge in [0.05, 0.1) is 17.2 Å². The molecule has 2 rings (SSSR count). The lowest BCUT2D eigenvalue weighted by molar-refractivity contribution is -0.137. The molecule has 0 radical (unpaired) electrons. The minimum absolute atomic E-state index is 0.233. The number of hydrogen-bond donors (Lipinski definition) is 0. The SMILES string of the molecule is CC1SCCN(c2ccc(C(F)(F)F)c(C#N)c2)C1C. The number of halogens is 3. The number of hydrogen-bond acceptors (Lipinski definition) is 3. The van der Waals surface area contributed by atoms with E-state index in [4.69, 9.17) is 5.26 Å². The van der Waals surface area contributed by atoms with Crippen LogP contribution in [0, 0.1) is 11.3 Å². The van der Waals surface area contributed by atoms with Crippen molar-refractivity contribution in [1.82, 2.24) is 0 Å². The first-order chi connectivity index (χ1) is 9.34. The zero-order chi connectivity index (χ0) is 14.9. The van der Waals surface area contributed by atoms with Crippen LogP contribution in [-0.4, -0.2) is 23.6 Å². The fourth-order valence-corrected chi connectivity index (χ4v) is 3.45. The van der Waals surface area contributed by atoms with E-state index >= 15 is 0 Å². The van der Waals surface area contributed by atoms with E-state index < -0.39 is 11.7 Å². The Balaban J connectivity index is 2.38. The van der Waals surface area contributed by atoms with Gasteiger partial charge in [-0.3, -0.25) is 0 Å². The van der Waals surface area contributed by atoms with Crippen LogP contribution in [0.15, 0.2) is 18.2 Å². The van der Waals surface area contributed by atoms with Gasteiger partial charge in [0.2, 0.25) is 0 Å². The molecule has 2 atom stereocenters. The summed E-state index contributed by atoms with van der Waals surface area (Å²) >= 11 is 1.86. The zero-order valence-corrected chi connectivity index (χ0v) is 12.1. The van der Waals surface area contributed by atoms with Crippen LogP contribution in [0.4, 0.5) is 18.9 Å². The Morgan fingerprint density at radius 2 is 2.05 bits per heavy atom. The Morgan fingerprint density at radius 3 is 2.65 bits per heavy atom. The van der Waals surface area contributed by atoms with Gasteiger partial charge in [-0.25, -0.2) is 0 Å². The first kappa shape index (κ1) is 15.0. The van der Waals surface area contributed by atoms with E-state index in [9.17, 15) is 13.2 Å². The maximum atomic E-state index is 12.8. The van der Waals surface area contributed by atoms with Crippen LogP contribution in [0.5, 0.6) is 0 Å². The highest BCUT2D eigenvalue weighted by molar-refractivity contribution is 8.00. The number of anilines is 1. The molecule has 6 heteroatoms. The van der Waals surface area contributed by atoms with Crippen LogP contribution < -0.4 is 4.90 Å². The van der Waals surface area contributed by atoms with Gasteiger partial charge < -0.3 is 4.90 Å². The van der Waals surface area contributed by atoms with E-state index in [2.05, 4.69) is 18.7 Å². The molecule has 0 N–H and O–H groups in total. The second-order valence-corrected chi connectivity index (χ2v) is 6.33. The van der Waals surface area contributed by atoms with E-state index in [1.165, 1.54) is 12.1 Å². The molecule has 0 aliphatic carbocycles. The third-order valence-electron chi connectivity index (χ3n) is 3.64. The average Bonchev–Trinajstić information content (AvgIpc) is 2.40. The quantitative estimate of drug-likeness (QED) is 0.787. The van der Waals surface area contributed by atoms with Crippen LogP contribution >= 0.6 is 11.8 Å². The predicted octanol–water partition coefficient (Wildman–Crippen LogP) is 3.91. The van der Waals surface area contributed by atoms with Crippen LogP contribution in [0.1, 0.15) is 25.0 Å². The van der Waals surface area contributed by atoms with Gasteiger partial charge in [-0.15, -0.1) is 0 Å². The summed E-state index contributed by atoms with van der Waals surface area (Å²) in [6.45, 7) is 4.95. The zero-order valence-electron chi connectivity index (χ0n) is 11.2. The van der Waals surface area contributed by atoms with Crippen LogP contribution in [0.3, 0.4) is 0 Å². The minimum atomic E-state index is -4.49.